The summed E-state index contributed by atoms with van der Waals surface area (Å²) in [6, 6.07) is 6.70. The van der Waals surface area contributed by atoms with Crippen molar-refractivity contribution in [1.29, 1.82) is 0 Å². The first-order chi connectivity index (χ1) is 10.5. The van der Waals surface area contributed by atoms with E-state index in [0.29, 0.717) is 0 Å². The zero-order valence-electron chi connectivity index (χ0n) is 12.6. The van der Waals surface area contributed by atoms with Crippen LogP contribution in [-0.2, 0) is 30.3 Å². The summed E-state index contributed by atoms with van der Waals surface area (Å²) < 4.78 is 16.0. The fraction of sp³-hybridized carbons (Fsp3) is 0.357. The van der Waals surface area contributed by atoms with Crippen LogP contribution in [0.3, 0.4) is 0 Å². The predicted octanol–water partition coefficient (Wildman–Crippen LogP) is -0.483. The summed E-state index contributed by atoms with van der Waals surface area (Å²) >= 11 is 0. The second-order valence-corrected chi connectivity index (χ2v) is 4.37. The Morgan fingerprint density at radius 1 is 1.19 bits per heavy atom. The summed E-state index contributed by atoms with van der Waals surface area (Å²) in [5.74, 6) is -2.67. The summed E-state index contributed by atoms with van der Waals surface area (Å²) in [7, 11) is 1.15. The molecule has 2 atom stereocenters. The van der Waals surface area contributed by atoms with E-state index in [-0.39, 0.29) is 6.42 Å². The number of nitrogens with two attached hydrogens (primary N) is 2. The molecule has 0 bridgehead atoms. The Morgan fingerprint density at radius 2 is 1.81 bits per heavy atom. The molecule has 0 fully saturated rings. The molecule has 0 aliphatic carbocycles. The van der Waals surface area contributed by atoms with E-state index in [2.05, 4.69) is 9.47 Å². The van der Waals surface area contributed by atoms with Gasteiger partial charge in [-0.15, -0.1) is 0 Å². The standard InChI is InChI=1S/C14H18N2O5/c1-20-12(17)8-11(16)14(19)21-13(18)10(15)7-9-5-3-2-4-6-9/h2-6,10-11H,7-8,15-16H2,1H3/t10-,11-/m0/s1/i/hT. The van der Waals surface area contributed by atoms with Gasteiger partial charge in [0.1, 0.15) is 13.5 Å². The average Bonchev–Trinajstić information content (AvgIpc) is 2.52. The molecule has 0 aromatic heterocycles. The van der Waals surface area contributed by atoms with Crippen LogP contribution in [0.25, 0.3) is 0 Å². The zero-order valence-corrected chi connectivity index (χ0v) is 11.6. The minimum absolute atomic E-state index is 0.211. The van der Waals surface area contributed by atoms with Crippen LogP contribution in [0, 0.1) is 0 Å². The normalized spacial score (nSPS) is 13.7. The van der Waals surface area contributed by atoms with E-state index in [1.54, 1.807) is 24.3 Å². The summed E-state index contributed by atoms with van der Waals surface area (Å²) in [6.07, 6.45) is -0.205. The van der Waals surface area contributed by atoms with E-state index in [1.807, 2.05) is 11.8 Å². The second-order valence-electron chi connectivity index (χ2n) is 4.37. The summed E-state index contributed by atoms with van der Waals surface area (Å²) in [5.41, 5.74) is 8.35. The van der Waals surface area contributed by atoms with Crippen molar-refractivity contribution in [1.82, 2.24) is 0 Å². The van der Waals surface area contributed by atoms with Crippen LogP contribution in [0.4, 0.5) is 0 Å². The lowest BCUT2D eigenvalue weighted by Gasteiger charge is -2.13. The smallest absolute Gasteiger partial charge is 0.331 e. The van der Waals surface area contributed by atoms with E-state index >= 15 is 0 Å². The Labute approximate surface area is 123 Å². The number of rotatable bonds is 7. The van der Waals surface area contributed by atoms with Gasteiger partial charge in [-0.25, -0.2) is 9.59 Å². The Bertz CT molecular complexity index is 523. The molecule has 21 heavy (non-hydrogen) atoms. The van der Waals surface area contributed by atoms with Crippen LogP contribution in [0.2, 0.25) is 1.41 Å². The highest BCUT2D eigenvalue weighted by atomic mass is 16.6. The van der Waals surface area contributed by atoms with E-state index in [9.17, 15) is 14.4 Å². The van der Waals surface area contributed by atoms with Gasteiger partial charge >= 0.3 is 17.9 Å². The van der Waals surface area contributed by atoms with Crippen molar-refractivity contribution in [3.63, 3.8) is 0 Å². The molecule has 4 N–H and O–H groups in total. The molecule has 0 saturated carbocycles. The first-order valence-corrected chi connectivity index (χ1v) is 6.27. The third-order valence-electron chi connectivity index (χ3n) is 2.69. The van der Waals surface area contributed by atoms with Gasteiger partial charge in [-0.1, -0.05) is 30.3 Å². The predicted molar refractivity (Wildman–Crippen MR) is 73.8 cm³/mol. The van der Waals surface area contributed by atoms with Gasteiger partial charge < -0.3 is 20.9 Å². The van der Waals surface area contributed by atoms with Gasteiger partial charge in [0.2, 0.25) is 0 Å². The van der Waals surface area contributed by atoms with Crippen molar-refractivity contribution in [3.8, 4) is 0 Å². The molecule has 1 aromatic carbocycles. The first kappa shape index (κ1) is 15.1. The Hall–Kier alpha value is -2.25. The highest BCUT2D eigenvalue weighted by Crippen LogP contribution is 2.04. The number of hydrogen-bond acceptors (Lipinski definition) is 7. The molecule has 0 amide bonds. The fourth-order valence-electron chi connectivity index (χ4n) is 1.53. The molecule has 0 heterocycles. The van der Waals surface area contributed by atoms with Gasteiger partial charge in [0, 0.05) is 0 Å². The van der Waals surface area contributed by atoms with Crippen LogP contribution in [-0.4, -0.2) is 37.1 Å². The Kier molecular flexibility index (Phi) is 5.86. The summed E-state index contributed by atoms with van der Waals surface area (Å²) in [4.78, 5) is 34.5. The van der Waals surface area contributed by atoms with Gasteiger partial charge in [-0.3, -0.25) is 4.79 Å². The quantitative estimate of drug-likeness (QED) is 0.514. The van der Waals surface area contributed by atoms with Gasteiger partial charge in [0.25, 0.3) is 0 Å². The van der Waals surface area contributed by atoms with E-state index in [0.717, 1.165) is 12.7 Å². The number of methoxy groups -OCH3 is 1. The van der Waals surface area contributed by atoms with Crippen molar-refractivity contribution in [3.05, 3.63) is 35.9 Å². The van der Waals surface area contributed by atoms with Gasteiger partial charge in [-0.2, -0.15) is 0 Å². The molecule has 7 nitrogen and oxygen atoms in total. The molecule has 0 aliphatic rings. The lowest BCUT2D eigenvalue weighted by atomic mass is 10.1. The van der Waals surface area contributed by atoms with Crippen LogP contribution in [0.1, 0.15) is 12.0 Å². The van der Waals surface area contributed by atoms with Crippen molar-refractivity contribution in [2.24, 2.45) is 11.5 Å². The topological polar surface area (TPSA) is 122 Å². The number of hydrogen-bond donors (Lipinski definition) is 2. The molecule has 1 aromatic rings. The van der Waals surface area contributed by atoms with E-state index in [1.165, 1.54) is 0 Å². The van der Waals surface area contributed by atoms with Crippen LogP contribution in [0.15, 0.2) is 30.3 Å². The van der Waals surface area contributed by atoms with Gasteiger partial charge in [-0.05, 0) is 12.0 Å². The number of carbonyl (C=O) groups excluding carboxylic acids is 3. The molecule has 1 rings (SSSR count). The summed E-state index contributed by atoms with van der Waals surface area (Å²) in [5, 5.41) is 0. The average molecular weight is 296 g/mol. The van der Waals surface area contributed by atoms with Crippen molar-refractivity contribution >= 4 is 17.9 Å². The first-order valence-electron chi connectivity index (χ1n) is 6.77. The molecule has 0 unspecified atom stereocenters. The zero-order chi connectivity index (χ0) is 16.5. The van der Waals surface area contributed by atoms with Gasteiger partial charge in [0.15, 0.2) is 0 Å². The molecular formula is C14H18N2O5. The summed E-state index contributed by atoms with van der Waals surface area (Å²) in [6.45, 7) is 0. The van der Waals surface area contributed by atoms with Crippen LogP contribution >= 0.6 is 0 Å². The van der Waals surface area contributed by atoms with Crippen LogP contribution in [0.5, 0.6) is 0 Å². The van der Waals surface area contributed by atoms with Crippen LogP contribution < -0.4 is 11.5 Å². The highest BCUT2D eigenvalue weighted by molar-refractivity contribution is 5.92. The van der Waals surface area contributed by atoms with Crippen molar-refractivity contribution in [2.45, 2.75) is 24.9 Å². The molecular weight excluding hydrogens is 276 g/mol. The third kappa shape index (κ3) is 5.72. The monoisotopic (exact) mass is 296 g/mol. The minimum atomic E-state index is -1.29. The van der Waals surface area contributed by atoms with Crippen molar-refractivity contribution < 1.29 is 25.3 Å². The lowest BCUT2D eigenvalue weighted by Crippen LogP contribution is -2.41. The van der Waals surface area contributed by atoms with Gasteiger partial charge in [0.05, 0.1) is 13.5 Å². The molecule has 7 heteroatoms. The molecule has 0 spiro atoms. The third-order valence-corrected chi connectivity index (χ3v) is 2.69. The number of esters is 3. The number of ether oxygens (including phenoxy) is 2. The maximum absolute atomic E-state index is 11.8. The van der Waals surface area contributed by atoms with E-state index in [4.69, 9.17) is 7.15 Å². The molecule has 0 aliphatic heterocycles. The maximum atomic E-state index is 11.8. The Morgan fingerprint density at radius 3 is 2.38 bits per heavy atom. The molecule has 0 saturated heterocycles. The van der Waals surface area contributed by atoms with Crippen molar-refractivity contribution in [2.75, 3.05) is 7.11 Å². The number of carbonyl (C=O) groups is 3. The Balaban J connectivity index is 2.55. The SMILES string of the molecule is [3H]N[C@@H](CC(=O)OC)C(=O)OC(=O)[C@@H](N)Cc1ccccc1. The fourth-order valence-corrected chi connectivity index (χ4v) is 1.53. The lowest BCUT2D eigenvalue weighted by molar-refractivity contribution is -0.163. The maximum Gasteiger partial charge on any atom is 0.331 e. The number of benzene rings is 1. The minimum Gasteiger partial charge on any atom is -0.469 e. The highest BCUT2D eigenvalue weighted by Gasteiger charge is 2.25. The van der Waals surface area contributed by atoms with E-state index < -0.39 is 36.4 Å². The largest absolute Gasteiger partial charge is 0.469 e. The molecule has 114 valence electrons. The molecule has 0 radical (unpaired) electrons. The second kappa shape index (κ2) is 8.13.